The molecule has 0 aromatic rings. The van der Waals surface area contributed by atoms with E-state index in [4.69, 9.17) is 14.2 Å². The molecule has 0 radical (unpaired) electrons. The minimum absolute atomic E-state index is 0. The van der Waals surface area contributed by atoms with Crippen LogP contribution in [-0.2, 0) is 19.0 Å². The smallest absolute Gasteiger partial charge is 0.317 e. The van der Waals surface area contributed by atoms with Gasteiger partial charge in [0.1, 0.15) is 12.9 Å². The van der Waals surface area contributed by atoms with E-state index in [0.717, 1.165) is 123 Å². The van der Waals surface area contributed by atoms with Crippen LogP contribution in [0.25, 0.3) is 0 Å². The highest BCUT2D eigenvalue weighted by atomic mass is 16.7. The average Bonchev–Trinajstić information content (AvgIpc) is 3.21. The van der Waals surface area contributed by atoms with Crippen LogP contribution in [0.5, 0.6) is 0 Å². The summed E-state index contributed by atoms with van der Waals surface area (Å²) < 4.78 is 17.4. The van der Waals surface area contributed by atoms with Gasteiger partial charge in [0.2, 0.25) is 0 Å². The van der Waals surface area contributed by atoms with Gasteiger partial charge in [0.05, 0.1) is 0 Å². The minimum Gasteiger partial charge on any atom is -0.462 e. The van der Waals surface area contributed by atoms with Crippen LogP contribution in [0.4, 0.5) is 4.79 Å². The molecule has 0 rings (SSSR count). The molecule has 0 aliphatic heterocycles. The maximum absolute atomic E-state index is 13.2. The number of hydrogen-bond acceptors (Lipinski definition) is 6. The van der Waals surface area contributed by atoms with Gasteiger partial charge < -0.3 is 29.3 Å². The van der Waals surface area contributed by atoms with Gasteiger partial charge in [-0.2, -0.15) is 0 Å². The summed E-state index contributed by atoms with van der Waals surface area (Å²) in [6.07, 6.45) is 41.3. The van der Waals surface area contributed by atoms with Crippen molar-refractivity contribution in [2.24, 2.45) is 0 Å². The molecule has 0 spiro atoms. The van der Waals surface area contributed by atoms with Gasteiger partial charge in [-0.3, -0.25) is 4.79 Å². The topological polar surface area (TPSA) is 80.3 Å². The number of ether oxygens (including phenoxy) is 3. The molecule has 0 atom stereocenters. The third-order valence-corrected chi connectivity index (χ3v) is 11.5. The summed E-state index contributed by atoms with van der Waals surface area (Å²) in [6.45, 7) is 12.2. The second-order valence-corrected chi connectivity index (χ2v) is 17.6. The molecule has 0 fully saturated rings. The molecule has 0 aromatic carbocycles. The van der Waals surface area contributed by atoms with E-state index in [9.17, 15) is 9.59 Å². The maximum Gasteiger partial charge on any atom is 0.317 e. The molecule has 0 aromatic heterocycles. The maximum atomic E-state index is 13.2. The van der Waals surface area contributed by atoms with Crippen molar-refractivity contribution in [2.45, 2.75) is 252 Å². The van der Waals surface area contributed by atoms with Crippen LogP contribution in [-0.4, -0.2) is 88.2 Å². The van der Waals surface area contributed by atoms with Gasteiger partial charge in [-0.15, -0.1) is 0 Å². The summed E-state index contributed by atoms with van der Waals surface area (Å²) in [7, 11) is 4.19. The summed E-state index contributed by atoms with van der Waals surface area (Å²) >= 11 is 0. The summed E-state index contributed by atoms with van der Waals surface area (Å²) in [6, 6.07) is 0.0930. The van der Waals surface area contributed by atoms with Gasteiger partial charge >= 0.3 is 12.0 Å². The number of carbonyl (C=O) groups excluding carboxylic acids is 2. The summed E-state index contributed by atoms with van der Waals surface area (Å²) in [4.78, 5) is 30.2. The Labute approximate surface area is 363 Å². The molecule has 0 bridgehead atoms. The zero-order valence-electron chi connectivity index (χ0n) is 39.7. The first-order chi connectivity index (χ1) is 28.4. The lowest BCUT2D eigenvalue weighted by atomic mass is 10.0. The quantitative estimate of drug-likeness (QED) is 0.0374. The average molecular weight is 826 g/mol. The van der Waals surface area contributed by atoms with Crippen molar-refractivity contribution in [3.05, 3.63) is 0 Å². The van der Waals surface area contributed by atoms with Crippen LogP contribution in [0.1, 0.15) is 247 Å². The van der Waals surface area contributed by atoms with Crippen LogP contribution in [0.2, 0.25) is 0 Å². The molecule has 2 amide bonds. The Balaban J connectivity index is 0. The van der Waals surface area contributed by atoms with Crippen LogP contribution in [0.15, 0.2) is 0 Å². The Morgan fingerprint density at radius 2 is 0.879 bits per heavy atom. The number of nitrogens with zero attached hydrogens (tertiary/aromatic N) is 2. The molecule has 0 aliphatic rings. The monoisotopic (exact) mass is 826 g/mol. The molecule has 0 aliphatic carbocycles. The molecule has 0 unspecified atom stereocenters. The van der Waals surface area contributed by atoms with Gasteiger partial charge in [-0.05, 0) is 91.3 Å². The predicted octanol–water partition coefficient (Wildman–Crippen LogP) is 14.4. The Hall–Kier alpha value is -1.38. The third-order valence-electron chi connectivity index (χ3n) is 11.5. The fourth-order valence-corrected chi connectivity index (χ4v) is 7.64. The first kappa shape index (κ1) is 56.6. The van der Waals surface area contributed by atoms with E-state index in [1.807, 2.05) is 0 Å². The zero-order valence-corrected chi connectivity index (χ0v) is 39.7. The number of amides is 2. The van der Waals surface area contributed by atoms with Crippen molar-refractivity contribution in [2.75, 3.05) is 60.3 Å². The Bertz CT molecular complexity index is 835. The molecule has 58 heavy (non-hydrogen) atoms. The van der Waals surface area contributed by atoms with Crippen LogP contribution in [0, 0.1) is 0 Å². The lowest BCUT2D eigenvalue weighted by Gasteiger charge is -2.23. The lowest BCUT2D eigenvalue weighted by molar-refractivity contribution is -0.150. The van der Waals surface area contributed by atoms with Crippen molar-refractivity contribution < 1.29 is 25.2 Å². The highest BCUT2D eigenvalue weighted by Crippen LogP contribution is 2.18. The molecule has 0 heterocycles. The van der Waals surface area contributed by atoms with E-state index < -0.39 is 0 Å². The van der Waals surface area contributed by atoms with Crippen molar-refractivity contribution >= 4 is 12.0 Å². The highest BCUT2D eigenvalue weighted by molar-refractivity contribution is 5.74. The summed E-state index contributed by atoms with van der Waals surface area (Å²) in [5.74, 6) is 0.00247. The molecule has 8 heteroatoms. The standard InChI is InChI=1S/C50H101N3O5.H2/c1-6-9-12-15-19-27-36-45-56-47-57-46-37-28-20-18-25-33-43-53(50(55)51-41-32-35-42-52(4)5)44-34-26-21-24-31-40-49(54)58-48(38-29-22-16-13-10-7-2)39-30-23-17-14-11-8-3;/h48H,6-47H2,1-5H3,(H,51,55);1H. The van der Waals surface area contributed by atoms with Crippen molar-refractivity contribution in [3.63, 3.8) is 0 Å². The minimum atomic E-state index is 0. The molecular weight excluding hydrogens is 723 g/mol. The van der Waals surface area contributed by atoms with E-state index >= 15 is 0 Å². The van der Waals surface area contributed by atoms with Crippen LogP contribution >= 0.6 is 0 Å². The number of esters is 1. The highest BCUT2D eigenvalue weighted by Gasteiger charge is 2.15. The molecule has 1 N–H and O–H groups in total. The zero-order chi connectivity index (χ0) is 42.4. The Kier molecular flexibility index (Phi) is 45.6. The van der Waals surface area contributed by atoms with E-state index in [0.29, 0.717) is 13.2 Å². The van der Waals surface area contributed by atoms with E-state index in [1.54, 1.807) is 0 Å². The van der Waals surface area contributed by atoms with Gasteiger partial charge in [-0.1, -0.05) is 168 Å². The summed E-state index contributed by atoms with van der Waals surface area (Å²) in [5.41, 5.74) is 0. The molecule has 0 saturated heterocycles. The Morgan fingerprint density at radius 3 is 1.34 bits per heavy atom. The first-order valence-corrected chi connectivity index (χ1v) is 25.5. The predicted molar refractivity (Wildman–Crippen MR) is 251 cm³/mol. The van der Waals surface area contributed by atoms with Crippen molar-refractivity contribution in [1.82, 2.24) is 15.1 Å². The van der Waals surface area contributed by atoms with E-state index in [2.05, 4.69) is 50.0 Å². The second-order valence-electron chi connectivity index (χ2n) is 17.6. The Morgan fingerprint density at radius 1 is 0.483 bits per heavy atom. The van der Waals surface area contributed by atoms with Crippen molar-refractivity contribution in [3.8, 4) is 0 Å². The molecule has 348 valence electrons. The number of nitrogens with one attached hydrogen (secondary N) is 1. The fourth-order valence-electron chi connectivity index (χ4n) is 7.64. The normalized spacial score (nSPS) is 11.6. The number of carbonyl (C=O) groups is 2. The fraction of sp³-hybridized carbons (Fsp3) is 0.960. The van der Waals surface area contributed by atoms with Crippen LogP contribution in [0.3, 0.4) is 0 Å². The number of urea groups is 1. The summed E-state index contributed by atoms with van der Waals surface area (Å²) in [5, 5.41) is 3.20. The van der Waals surface area contributed by atoms with Gasteiger partial charge in [0, 0.05) is 40.7 Å². The van der Waals surface area contributed by atoms with E-state index in [1.165, 1.54) is 135 Å². The van der Waals surface area contributed by atoms with Crippen LogP contribution < -0.4 is 5.32 Å². The lowest BCUT2D eigenvalue weighted by Crippen LogP contribution is -2.41. The largest absolute Gasteiger partial charge is 0.462 e. The van der Waals surface area contributed by atoms with Gasteiger partial charge in [-0.25, -0.2) is 4.79 Å². The number of rotatable bonds is 47. The van der Waals surface area contributed by atoms with Gasteiger partial charge in [0.25, 0.3) is 0 Å². The SMILES string of the molecule is CCCCCCCCCOCOCCCCCCCCN(CCCCCCCC(=O)OC(CCCCCCCC)CCCCCCCC)C(=O)NCCCCN(C)C.[HH]. The molecule has 0 saturated carbocycles. The number of hydrogen-bond donors (Lipinski definition) is 1. The van der Waals surface area contributed by atoms with Crippen molar-refractivity contribution in [1.29, 1.82) is 0 Å². The first-order valence-electron chi connectivity index (χ1n) is 25.5. The van der Waals surface area contributed by atoms with E-state index in [-0.39, 0.29) is 19.5 Å². The van der Waals surface area contributed by atoms with Gasteiger partial charge in [0.15, 0.2) is 0 Å². The second kappa shape index (κ2) is 46.7. The number of unbranched alkanes of at least 4 members (excludes halogenated alkanes) is 26. The molecule has 8 nitrogen and oxygen atoms in total. The third kappa shape index (κ3) is 42.7. The molecular formula is C50H103N3O5.